The van der Waals surface area contributed by atoms with Gasteiger partial charge in [-0.25, -0.2) is 0 Å². The van der Waals surface area contributed by atoms with Gasteiger partial charge in [0.1, 0.15) is 0 Å². The lowest BCUT2D eigenvalue weighted by Crippen LogP contribution is -2.43. The Labute approximate surface area is 118 Å². The van der Waals surface area contributed by atoms with Gasteiger partial charge >= 0.3 is 0 Å². The average Bonchev–Trinajstić information content (AvgIpc) is 2.37. The van der Waals surface area contributed by atoms with E-state index in [1.165, 1.54) is 50.0 Å². The highest BCUT2D eigenvalue weighted by Crippen LogP contribution is 2.11. The minimum atomic E-state index is 0.649. The van der Waals surface area contributed by atoms with Crippen molar-refractivity contribution in [2.45, 2.75) is 52.1 Å². The third-order valence-electron chi connectivity index (χ3n) is 4.28. The summed E-state index contributed by atoms with van der Waals surface area (Å²) in [7, 11) is 0. The summed E-state index contributed by atoms with van der Waals surface area (Å²) >= 11 is 0. The van der Waals surface area contributed by atoms with E-state index in [-0.39, 0.29) is 0 Å². The van der Waals surface area contributed by atoms with Gasteiger partial charge in [-0.2, -0.15) is 0 Å². The fraction of sp³-hybridized carbons (Fsp3) is 0.647. The van der Waals surface area contributed by atoms with Crippen LogP contribution in [-0.2, 0) is 6.42 Å². The fourth-order valence-corrected chi connectivity index (χ4v) is 2.91. The Kier molecular flexibility index (Phi) is 5.41. The normalized spacial score (nSPS) is 25.8. The summed E-state index contributed by atoms with van der Waals surface area (Å²) in [6.07, 6.45) is 3.71. The molecule has 2 unspecified atom stereocenters. The fourth-order valence-electron chi connectivity index (χ4n) is 2.91. The molecule has 1 aromatic rings. The molecule has 2 heteroatoms. The zero-order chi connectivity index (χ0) is 13.7. The molecule has 1 N–H and O–H groups in total. The molecular formula is C17H28N2. The lowest BCUT2D eigenvalue weighted by Gasteiger charge is -2.31. The van der Waals surface area contributed by atoms with E-state index in [2.05, 4.69) is 55.3 Å². The number of nitrogens with one attached hydrogen (secondary N) is 1. The Balaban J connectivity index is 1.86. The number of aryl methyl sites for hydroxylation is 1. The second-order valence-corrected chi connectivity index (χ2v) is 6.06. The highest BCUT2D eigenvalue weighted by Gasteiger charge is 2.15. The van der Waals surface area contributed by atoms with Crippen LogP contribution in [0.4, 0.5) is 0 Å². The molecule has 19 heavy (non-hydrogen) atoms. The molecule has 1 aromatic carbocycles. The van der Waals surface area contributed by atoms with Crippen molar-refractivity contribution in [2.75, 3.05) is 19.6 Å². The molecule has 0 radical (unpaired) electrons. The van der Waals surface area contributed by atoms with Crippen LogP contribution in [0.25, 0.3) is 0 Å². The summed E-state index contributed by atoms with van der Waals surface area (Å²) in [5, 5.41) is 3.66. The van der Waals surface area contributed by atoms with E-state index < -0.39 is 0 Å². The molecule has 1 aliphatic rings. The standard InChI is InChI=1S/C17H28N2/c1-14-6-4-5-7-17(14)10-13-19-11-8-15(2)18-16(3)9-12-19/h4-7,15-16,18H,8-13H2,1-3H3. The van der Waals surface area contributed by atoms with Crippen LogP contribution in [0.15, 0.2) is 24.3 Å². The monoisotopic (exact) mass is 260 g/mol. The molecule has 0 aromatic heterocycles. The highest BCUT2D eigenvalue weighted by atomic mass is 15.1. The molecule has 2 atom stereocenters. The van der Waals surface area contributed by atoms with E-state index in [1.54, 1.807) is 0 Å². The van der Waals surface area contributed by atoms with Crippen LogP contribution in [-0.4, -0.2) is 36.6 Å². The van der Waals surface area contributed by atoms with Crippen LogP contribution in [0.2, 0.25) is 0 Å². The van der Waals surface area contributed by atoms with Crippen molar-refractivity contribution in [3.05, 3.63) is 35.4 Å². The third kappa shape index (κ3) is 4.63. The molecular weight excluding hydrogens is 232 g/mol. The quantitative estimate of drug-likeness (QED) is 0.899. The SMILES string of the molecule is Cc1ccccc1CCN1CCC(C)NC(C)CC1. The van der Waals surface area contributed by atoms with E-state index >= 15 is 0 Å². The van der Waals surface area contributed by atoms with Crippen LogP contribution in [0, 0.1) is 6.92 Å². The Hall–Kier alpha value is -0.860. The van der Waals surface area contributed by atoms with Gasteiger partial charge in [-0.1, -0.05) is 24.3 Å². The number of rotatable bonds is 3. The molecule has 1 saturated heterocycles. The summed E-state index contributed by atoms with van der Waals surface area (Å²) in [6, 6.07) is 10.1. The Morgan fingerprint density at radius 3 is 2.37 bits per heavy atom. The first-order chi connectivity index (χ1) is 9.15. The maximum Gasteiger partial charge on any atom is 0.00533 e. The average molecular weight is 260 g/mol. The maximum atomic E-state index is 3.66. The second kappa shape index (κ2) is 7.06. The molecule has 1 fully saturated rings. The predicted molar refractivity (Wildman–Crippen MR) is 82.6 cm³/mol. The lowest BCUT2D eigenvalue weighted by molar-refractivity contribution is 0.221. The third-order valence-corrected chi connectivity index (χ3v) is 4.28. The van der Waals surface area contributed by atoms with E-state index in [9.17, 15) is 0 Å². The van der Waals surface area contributed by atoms with Gasteiger partial charge in [0.2, 0.25) is 0 Å². The van der Waals surface area contributed by atoms with Gasteiger partial charge in [-0.05, 0) is 64.3 Å². The summed E-state index contributed by atoms with van der Waals surface area (Å²) < 4.78 is 0. The van der Waals surface area contributed by atoms with Gasteiger partial charge in [0.05, 0.1) is 0 Å². The van der Waals surface area contributed by atoms with Crippen LogP contribution < -0.4 is 5.32 Å². The zero-order valence-corrected chi connectivity index (χ0v) is 12.7. The van der Waals surface area contributed by atoms with Gasteiger partial charge < -0.3 is 10.2 Å². The number of hydrogen-bond donors (Lipinski definition) is 1. The molecule has 106 valence electrons. The Morgan fingerprint density at radius 2 is 1.74 bits per heavy atom. The topological polar surface area (TPSA) is 15.3 Å². The molecule has 0 saturated carbocycles. The summed E-state index contributed by atoms with van der Waals surface area (Å²) in [5.74, 6) is 0. The number of hydrogen-bond acceptors (Lipinski definition) is 2. The maximum absolute atomic E-state index is 3.66. The summed E-state index contributed by atoms with van der Waals surface area (Å²) in [6.45, 7) is 10.5. The Morgan fingerprint density at radius 1 is 1.11 bits per heavy atom. The first-order valence-electron chi connectivity index (χ1n) is 7.68. The van der Waals surface area contributed by atoms with Crippen molar-refractivity contribution in [1.29, 1.82) is 0 Å². The van der Waals surface area contributed by atoms with E-state index in [0.717, 1.165) is 0 Å². The zero-order valence-electron chi connectivity index (χ0n) is 12.7. The molecule has 2 rings (SSSR count). The first kappa shape index (κ1) is 14.5. The molecule has 0 bridgehead atoms. The molecule has 0 amide bonds. The predicted octanol–water partition coefficient (Wildman–Crippen LogP) is 3.00. The summed E-state index contributed by atoms with van der Waals surface area (Å²) in [4.78, 5) is 2.64. The molecule has 1 aliphatic heterocycles. The molecule has 1 heterocycles. The second-order valence-electron chi connectivity index (χ2n) is 6.06. The van der Waals surface area contributed by atoms with Crippen molar-refractivity contribution in [1.82, 2.24) is 10.2 Å². The molecule has 0 aliphatic carbocycles. The minimum absolute atomic E-state index is 0.649. The van der Waals surface area contributed by atoms with E-state index in [0.29, 0.717) is 12.1 Å². The highest BCUT2D eigenvalue weighted by molar-refractivity contribution is 5.25. The van der Waals surface area contributed by atoms with Crippen LogP contribution in [0.3, 0.4) is 0 Å². The smallest absolute Gasteiger partial charge is 0.00533 e. The van der Waals surface area contributed by atoms with E-state index in [1.807, 2.05) is 0 Å². The van der Waals surface area contributed by atoms with Crippen molar-refractivity contribution in [3.8, 4) is 0 Å². The Bertz CT molecular complexity index is 377. The van der Waals surface area contributed by atoms with Gasteiger partial charge in [-0.3, -0.25) is 0 Å². The lowest BCUT2D eigenvalue weighted by atomic mass is 10.0. The summed E-state index contributed by atoms with van der Waals surface area (Å²) in [5.41, 5.74) is 2.93. The van der Waals surface area contributed by atoms with E-state index in [4.69, 9.17) is 0 Å². The number of nitrogens with zero attached hydrogens (tertiary/aromatic N) is 1. The molecule has 0 spiro atoms. The van der Waals surface area contributed by atoms with Gasteiger partial charge in [-0.15, -0.1) is 0 Å². The van der Waals surface area contributed by atoms with Gasteiger partial charge in [0.25, 0.3) is 0 Å². The van der Waals surface area contributed by atoms with Gasteiger partial charge in [0, 0.05) is 18.6 Å². The minimum Gasteiger partial charge on any atom is -0.312 e. The van der Waals surface area contributed by atoms with Crippen LogP contribution in [0.5, 0.6) is 0 Å². The first-order valence-corrected chi connectivity index (χ1v) is 7.68. The van der Waals surface area contributed by atoms with Crippen molar-refractivity contribution in [3.63, 3.8) is 0 Å². The van der Waals surface area contributed by atoms with Crippen molar-refractivity contribution >= 4 is 0 Å². The number of benzene rings is 1. The van der Waals surface area contributed by atoms with Gasteiger partial charge in [0.15, 0.2) is 0 Å². The molecule has 2 nitrogen and oxygen atoms in total. The van der Waals surface area contributed by atoms with Crippen LogP contribution >= 0.6 is 0 Å². The van der Waals surface area contributed by atoms with Crippen molar-refractivity contribution in [2.24, 2.45) is 0 Å². The van der Waals surface area contributed by atoms with Crippen LogP contribution in [0.1, 0.15) is 37.8 Å². The van der Waals surface area contributed by atoms with Crippen molar-refractivity contribution < 1.29 is 0 Å². The largest absolute Gasteiger partial charge is 0.312 e.